The van der Waals surface area contributed by atoms with E-state index in [-0.39, 0.29) is 6.61 Å². The van der Waals surface area contributed by atoms with Gasteiger partial charge in [0.25, 0.3) is 10.1 Å². The van der Waals surface area contributed by atoms with Crippen LogP contribution in [0.25, 0.3) is 0 Å². The quantitative estimate of drug-likeness (QED) is 0.224. The van der Waals surface area contributed by atoms with Crippen molar-refractivity contribution in [1.82, 2.24) is 0 Å². The lowest BCUT2D eigenvalue weighted by molar-refractivity contribution is 0.306. The summed E-state index contributed by atoms with van der Waals surface area (Å²) in [4.78, 5) is 0.344. The number of aryl methyl sites for hydroxylation is 2. The third kappa shape index (κ3) is 10.3. The van der Waals surface area contributed by atoms with Crippen molar-refractivity contribution >= 4 is 10.1 Å². The van der Waals surface area contributed by atoms with Gasteiger partial charge in [0.1, 0.15) is 0 Å². The molecule has 0 radical (unpaired) electrons. The molecule has 0 fully saturated rings. The lowest BCUT2D eigenvalue weighted by Crippen LogP contribution is -2.10. The van der Waals surface area contributed by atoms with Crippen molar-refractivity contribution in [3.05, 3.63) is 29.3 Å². The zero-order chi connectivity index (χ0) is 20.0. The van der Waals surface area contributed by atoms with Crippen LogP contribution in [-0.2, 0) is 20.7 Å². The van der Waals surface area contributed by atoms with E-state index in [1.807, 2.05) is 25.1 Å². The Balaban J connectivity index is 2.46. The van der Waals surface area contributed by atoms with Gasteiger partial charge in [-0.2, -0.15) is 8.42 Å². The minimum Gasteiger partial charge on any atom is -0.266 e. The summed E-state index contributed by atoms with van der Waals surface area (Å²) in [6, 6.07) is 5.78. The second-order valence-electron chi connectivity index (χ2n) is 7.66. The normalized spacial score (nSPS) is 11.8. The molecule has 27 heavy (non-hydrogen) atoms. The first-order valence-electron chi connectivity index (χ1n) is 11.0. The lowest BCUT2D eigenvalue weighted by Gasteiger charge is -2.11. The molecule has 0 aliphatic heterocycles. The second-order valence-corrected chi connectivity index (χ2v) is 9.25. The van der Waals surface area contributed by atoms with Crippen LogP contribution >= 0.6 is 0 Å². The summed E-state index contributed by atoms with van der Waals surface area (Å²) in [5.41, 5.74) is 1.86. The third-order valence-corrected chi connectivity index (χ3v) is 6.53. The molecule has 0 saturated carbocycles. The van der Waals surface area contributed by atoms with Crippen molar-refractivity contribution < 1.29 is 12.6 Å². The molecular formula is C23H40O3S. The van der Waals surface area contributed by atoms with Gasteiger partial charge in [-0.15, -0.1) is 0 Å². The predicted molar refractivity (Wildman–Crippen MR) is 115 cm³/mol. The van der Waals surface area contributed by atoms with E-state index in [0.29, 0.717) is 4.90 Å². The SMILES string of the molecule is CCCCCCCCOS(=O)(=O)c1cc(CCCCCCCC)ccc1C. The average Bonchev–Trinajstić information content (AvgIpc) is 2.65. The van der Waals surface area contributed by atoms with Crippen LogP contribution < -0.4 is 0 Å². The number of benzene rings is 1. The molecule has 0 saturated heterocycles. The Kier molecular flexibility index (Phi) is 12.7. The fourth-order valence-electron chi connectivity index (χ4n) is 3.29. The average molecular weight is 397 g/mol. The molecular weight excluding hydrogens is 356 g/mol. The smallest absolute Gasteiger partial charge is 0.266 e. The van der Waals surface area contributed by atoms with Gasteiger partial charge in [-0.3, -0.25) is 4.18 Å². The van der Waals surface area contributed by atoms with Crippen LogP contribution in [0, 0.1) is 6.92 Å². The van der Waals surface area contributed by atoms with Gasteiger partial charge in [-0.05, 0) is 43.4 Å². The van der Waals surface area contributed by atoms with Crippen LogP contribution in [0.1, 0.15) is 102 Å². The maximum absolute atomic E-state index is 12.6. The van der Waals surface area contributed by atoms with Gasteiger partial charge >= 0.3 is 0 Å². The Bertz CT molecular complexity index is 608. The van der Waals surface area contributed by atoms with Crippen LogP contribution in [0.15, 0.2) is 23.1 Å². The van der Waals surface area contributed by atoms with Gasteiger partial charge in [0, 0.05) is 0 Å². The standard InChI is InChI=1S/C23H40O3S/c1-4-6-8-10-12-14-16-22-18-17-21(3)23(20-22)27(24,25)26-19-15-13-11-9-7-5-2/h17-18,20H,4-16,19H2,1-3H3. The van der Waals surface area contributed by atoms with Gasteiger partial charge < -0.3 is 0 Å². The van der Waals surface area contributed by atoms with Gasteiger partial charge in [0.2, 0.25) is 0 Å². The largest absolute Gasteiger partial charge is 0.297 e. The summed E-state index contributed by atoms with van der Waals surface area (Å²) < 4.78 is 30.4. The highest BCUT2D eigenvalue weighted by atomic mass is 32.2. The maximum Gasteiger partial charge on any atom is 0.297 e. The Hall–Kier alpha value is -0.870. The van der Waals surface area contributed by atoms with Crippen molar-refractivity contribution in [2.45, 2.75) is 109 Å². The van der Waals surface area contributed by atoms with Gasteiger partial charge in [0.05, 0.1) is 11.5 Å². The van der Waals surface area contributed by atoms with Crippen LogP contribution in [0.4, 0.5) is 0 Å². The maximum atomic E-state index is 12.6. The highest BCUT2D eigenvalue weighted by Gasteiger charge is 2.18. The number of rotatable bonds is 16. The van der Waals surface area contributed by atoms with Crippen LogP contribution in [0.2, 0.25) is 0 Å². The van der Waals surface area contributed by atoms with Crippen molar-refractivity contribution in [1.29, 1.82) is 0 Å². The van der Waals surface area contributed by atoms with Gasteiger partial charge in [-0.1, -0.05) is 90.2 Å². The van der Waals surface area contributed by atoms with E-state index in [2.05, 4.69) is 13.8 Å². The fourth-order valence-corrected chi connectivity index (χ4v) is 4.52. The summed E-state index contributed by atoms with van der Waals surface area (Å²) in [6.07, 6.45) is 15.1. The zero-order valence-corrected chi connectivity index (χ0v) is 18.6. The highest BCUT2D eigenvalue weighted by molar-refractivity contribution is 7.86. The predicted octanol–water partition coefficient (Wildman–Crippen LogP) is 6.96. The topological polar surface area (TPSA) is 43.4 Å². The first-order chi connectivity index (χ1) is 13.0. The molecule has 0 aliphatic carbocycles. The van der Waals surface area contributed by atoms with E-state index in [1.165, 1.54) is 51.4 Å². The molecule has 0 aromatic heterocycles. The number of hydrogen-bond acceptors (Lipinski definition) is 3. The van der Waals surface area contributed by atoms with Crippen LogP contribution in [-0.4, -0.2) is 15.0 Å². The molecule has 1 aromatic rings. The van der Waals surface area contributed by atoms with Crippen molar-refractivity contribution in [2.24, 2.45) is 0 Å². The van der Waals surface area contributed by atoms with Crippen molar-refractivity contribution in [3.63, 3.8) is 0 Å². The molecule has 0 aliphatic rings. The summed E-state index contributed by atoms with van der Waals surface area (Å²) >= 11 is 0. The Morgan fingerprint density at radius 1 is 0.778 bits per heavy atom. The van der Waals surface area contributed by atoms with Gasteiger partial charge in [-0.25, -0.2) is 0 Å². The Morgan fingerprint density at radius 2 is 1.33 bits per heavy atom. The summed E-state index contributed by atoms with van der Waals surface area (Å²) in [5.74, 6) is 0. The van der Waals surface area contributed by atoms with E-state index in [1.54, 1.807) is 0 Å². The minimum absolute atomic E-state index is 0.287. The van der Waals surface area contributed by atoms with Crippen LogP contribution in [0.5, 0.6) is 0 Å². The molecule has 4 heteroatoms. The summed E-state index contributed by atoms with van der Waals surface area (Å²) in [5, 5.41) is 0. The van der Waals surface area contributed by atoms with Crippen molar-refractivity contribution in [3.8, 4) is 0 Å². The van der Waals surface area contributed by atoms with Gasteiger partial charge in [0.15, 0.2) is 0 Å². The fraction of sp³-hybridized carbons (Fsp3) is 0.739. The Morgan fingerprint density at radius 3 is 1.96 bits per heavy atom. The van der Waals surface area contributed by atoms with E-state index in [4.69, 9.17) is 4.18 Å². The molecule has 0 spiro atoms. The molecule has 1 rings (SSSR count). The monoisotopic (exact) mass is 396 g/mol. The van der Waals surface area contributed by atoms with Crippen molar-refractivity contribution in [2.75, 3.05) is 6.61 Å². The lowest BCUT2D eigenvalue weighted by atomic mass is 10.0. The molecule has 0 heterocycles. The first-order valence-corrected chi connectivity index (χ1v) is 12.4. The zero-order valence-electron chi connectivity index (χ0n) is 17.8. The Labute approximate surface area is 168 Å². The van der Waals surface area contributed by atoms with Crippen LogP contribution in [0.3, 0.4) is 0 Å². The molecule has 0 unspecified atom stereocenters. The molecule has 156 valence electrons. The molecule has 0 N–H and O–H groups in total. The van der Waals surface area contributed by atoms with E-state index < -0.39 is 10.1 Å². The number of unbranched alkanes of at least 4 members (excludes halogenated alkanes) is 10. The highest BCUT2D eigenvalue weighted by Crippen LogP contribution is 2.21. The molecule has 0 atom stereocenters. The van der Waals surface area contributed by atoms with E-state index >= 15 is 0 Å². The third-order valence-electron chi connectivity index (χ3n) is 5.08. The summed E-state index contributed by atoms with van der Waals surface area (Å²) in [6.45, 7) is 6.55. The summed E-state index contributed by atoms with van der Waals surface area (Å²) in [7, 11) is -3.65. The minimum atomic E-state index is -3.65. The molecule has 1 aromatic carbocycles. The van der Waals surface area contributed by atoms with E-state index in [9.17, 15) is 8.42 Å². The molecule has 3 nitrogen and oxygen atoms in total. The molecule has 0 amide bonds. The van der Waals surface area contributed by atoms with E-state index in [0.717, 1.165) is 43.2 Å². The number of hydrogen-bond donors (Lipinski definition) is 0. The first kappa shape index (κ1) is 24.2. The second kappa shape index (κ2) is 14.2. The molecule has 0 bridgehead atoms.